The zero-order chi connectivity index (χ0) is 15.4. The van der Waals surface area contributed by atoms with Crippen molar-refractivity contribution in [3.8, 4) is 6.07 Å². The third kappa shape index (κ3) is 3.52. The number of anilines is 1. The average molecular weight is 287 g/mol. The summed E-state index contributed by atoms with van der Waals surface area (Å²) in [5, 5.41) is 21.8. The molecule has 1 heterocycles. The molecule has 0 aliphatic heterocycles. The molecule has 0 spiro atoms. The van der Waals surface area contributed by atoms with Crippen molar-refractivity contribution in [1.29, 1.82) is 5.26 Å². The van der Waals surface area contributed by atoms with Crippen LogP contribution in [0.5, 0.6) is 0 Å². The number of aromatic nitrogens is 1. The van der Waals surface area contributed by atoms with E-state index in [1.807, 2.05) is 19.9 Å². The fraction of sp³-hybridized carbons (Fsp3) is 0.562. The molecule has 5 heteroatoms. The van der Waals surface area contributed by atoms with E-state index in [1.165, 1.54) is 6.42 Å². The maximum absolute atomic E-state index is 11.6. The summed E-state index contributed by atoms with van der Waals surface area (Å²) in [5.41, 5.74) is 2.03. The Morgan fingerprint density at radius 2 is 2.10 bits per heavy atom. The molecule has 1 fully saturated rings. The van der Waals surface area contributed by atoms with Crippen LogP contribution in [0.15, 0.2) is 6.07 Å². The van der Waals surface area contributed by atoms with Gasteiger partial charge >= 0.3 is 5.97 Å². The van der Waals surface area contributed by atoms with Crippen molar-refractivity contribution in [2.45, 2.75) is 52.0 Å². The number of pyridine rings is 1. The molecule has 1 aliphatic carbocycles. The Balaban J connectivity index is 2.29. The van der Waals surface area contributed by atoms with Crippen molar-refractivity contribution in [3.05, 3.63) is 22.9 Å². The number of carboxylic acid groups (broad SMARTS) is 1. The highest BCUT2D eigenvalue weighted by molar-refractivity contribution is 5.78. The van der Waals surface area contributed by atoms with Crippen LogP contribution in [0, 0.1) is 31.1 Å². The van der Waals surface area contributed by atoms with Gasteiger partial charge in [0.2, 0.25) is 0 Å². The van der Waals surface area contributed by atoms with E-state index in [4.69, 9.17) is 0 Å². The quantitative estimate of drug-likeness (QED) is 0.889. The number of nitrogens with one attached hydrogen (secondary N) is 1. The van der Waals surface area contributed by atoms with Crippen molar-refractivity contribution in [2.75, 3.05) is 5.32 Å². The topological polar surface area (TPSA) is 86.0 Å². The number of hydrogen-bond donors (Lipinski definition) is 2. The average Bonchev–Trinajstić information content (AvgIpc) is 2.45. The third-order valence-corrected chi connectivity index (χ3v) is 4.14. The molecular weight excluding hydrogens is 266 g/mol. The highest BCUT2D eigenvalue weighted by atomic mass is 16.4. The first-order valence-corrected chi connectivity index (χ1v) is 7.40. The molecule has 1 aromatic rings. The van der Waals surface area contributed by atoms with Gasteiger partial charge in [-0.25, -0.2) is 9.78 Å². The van der Waals surface area contributed by atoms with Gasteiger partial charge < -0.3 is 10.4 Å². The van der Waals surface area contributed by atoms with E-state index in [-0.39, 0.29) is 5.92 Å². The molecule has 0 aromatic carbocycles. The molecule has 0 radical (unpaired) electrons. The van der Waals surface area contributed by atoms with Gasteiger partial charge in [-0.3, -0.25) is 0 Å². The van der Waals surface area contributed by atoms with Crippen LogP contribution in [0.4, 0.5) is 5.82 Å². The Morgan fingerprint density at radius 1 is 1.43 bits per heavy atom. The second kappa shape index (κ2) is 6.57. The second-order valence-electron chi connectivity index (χ2n) is 5.77. The first-order chi connectivity index (χ1) is 10.0. The van der Waals surface area contributed by atoms with Crippen LogP contribution in [-0.4, -0.2) is 22.1 Å². The molecule has 1 unspecified atom stereocenters. The fourth-order valence-electron chi connectivity index (χ4n) is 3.08. The van der Waals surface area contributed by atoms with Gasteiger partial charge in [-0.15, -0.1) is 0 Å². The third-order valence-electron chi connectivity index (χ3n) is 4.14. The van der Waals surface area contributed by atoms with Gasteiger partial charge in [-0.2, -0.15) is 5.26 Å². The summed E-state index contributed by atoms with van der Waals surface area (Å²) >= 11 is 0. The van der Waals surface area contributed by atoms with Gasteiger partial charge in [0.1, 0.15) is 17.9 Å². The summed E-state index contributed by atoms with van der Waals surface area (Å²) in [6.07, 6.45) is 5.14. The number of nitriles is 1. The fourth-order valence-corrected chi connectivity index (χ4v) is 3.08. The maximum atomic E-state index is 11.6. The molecule has 0 amide bonds. The minimum Gasteiger partial charge on any atom is -0.480 e. The van der Waals surface area contributed by atoms with Crippen molar-refractivity contribution in [1.82, 2.24) is 4.98 Å². The molecule has 21 heavy (non-hydrogen) atoms. The number of rotatable bonds is 4. The summed E-state index contributed by atoms with van der Waals surface area (Å²) in [6.45, 7) is 3.69. The van der Waals surface area contributed by atoms with E-state index in [2.05, 4.69) is 16.4 Å². The molecule has 2 N–H and O–H groups in total. The Bertz CT molecular complexity index is 572. The van der Waals surface area contributed by atoms with Crippen LogP contribution >= 0.6 is 0 Å². The largest absolute Gasteiger partial charge is 0.480 e. The zero-order valence-electron chi connectivity index (χ0n) is 12.5. The number of carboxylic acids is 1. The second-order valence-corrected chi connectivity index (χ2v) is 5.77. The molecule has 1 atom stereocenters. The van der Waals surface area contributed by atoms with Crippen molar-refractivity contribution in [2.24, 2.45) is 5.92 Å². The Labute approximate surface area is 125 Å². The van der Waals surface area contributed by atoms with Crippen molar-refractivity contribution < 1.29 is 9.90 Å². The molecule has 0 saturated heterocycles. The lowest BCUT2D eigenvalue weighted by Gasteiger charge is -2.28. The molecular formula is C16H21N3O2. The van der Waals surface area contributed by atoms with Gasteiger partial charge in [0.25, 0.3) is 0 Å². The van der Waals surface area contributed by atoms with Gasteiger partial charge in [-0.05, 0) is 44.2 Å². The summed E-state index contributed by atoms with van der Waals surface area (Å²) in [4.78, 5) is 15.9. The molecule has 1 aromatic heterocycles. The van der Waals surface area contributed by atoms with E-state index in [0.717, 1.165) is 36.9 Å². The van der Waals surface area contributed by atoms with Crippen LogP contribution in [0.1, 0.15) is 48.9 Å². The van der Waals surface area contributed by atoms with Gasteiger partial charge in [0.15, 0.2) is 0 Å². The summed E-state index contributed by atoms with van der Waals surface area (Å²) in [6, 6.07) is 3.28. The maximum Gasteiger partial charge on any atom is 0.326 e. The van der Waals surface area contributed by atoms with Gasteiger partial charge in [0.05, 0.1) is 5.56 Å². The molecule has 0 bridgehead atoms. The van der Waals surface area contributed by atoms with E-state index >= 15 is 0 Å². The predicted octanol–water partition coefficient (Wildman–Crippen LogP) is 3.02. The molecule has 2 rings (SSSR count). The highest BCUT2D eigenvalue weighted by Gasteiger charge is 2.30. The lowest BCUT2D eigenvalue weighted by atomic mass is 9.84. The first-order valence-electron chi connectivity index (χ1n) is 7.40. The lowest BCUT2D eigenvalue weighted by molar-refractivity contribution is -0.139. The van der Waals surface area contributed by atoms with Gasteiger partial charge in [0, 0.05) is 5.69 Å². The minimum atomic E-state index is -0.869. The summed E-state index contributed by atoms with van der Waals surface area (Å²) in [5.74, 6) is -0.370. The summed E-state index contributed by atoms with van der Waals surface area (Å²) in [7, 11) is 0. The predicted molar refractivity (Wildman–Crippen MR) is 80.0 cm³/mol. The van der Waals surface area contributed by atoms with Crippen molar-refractivity contribution in [3.63, 3.8) is 0 Å². The van der Waals surface area contributed by atoms with Crippen LogP contribution in [0.2, 0.25) is 0 Å². The zero-order valence-corrected chi connectivity index (χ0v) is 12.5. The standard InChI is InChI=1S/C16H21N3O2/c1-10-8-11(2)18-15(13(10)9-17)19-14(16(20)21)12-6-4-3-5-7-12/h8,12,14H,3-7H2,1-2H3,(H,18,19)(H,20,21). The summed E-state index contributed by atoms with van der Waals surface area (Å²) < 4.78 is 0. The van der Waals surface area contributed by atoms with E-state index in [1.54, 1.807) is 0 Å². The lowest BCUT2D eigenvalue weighted by Crippen LogP contribution is -2.38. The van der Waals surface area contributed by atoms with Crippen LogP contribution < -0.4 is 5.32 Å². The molecule has 1 aliphatic rings. The van der Waals surface area contributed by atoms with E-state index < -0.39 is 12.0 Å². The number of aryl methyl sites for hydroxylation is 2. The Morgan fingerprint density at radius 3 is 2.67 bits per heavy atom. The number of hydrogen-bond acceptors (Lipinski definition) is 4. The molecule has 1 saturated carbocycles. The Kier molecular flexibility index (Phi) is 4.79. The minimum absolute atomic E-state index is 0.102. The van der Waals surface area contributed by atoms with Crippen molar-refractivity contribution >= 4 is 11.8 Å². The Hall–Kier alpha value is -2.09. The first kappa shape index (κ1) is 15.3. The van der Waals surface area contributed by atoms with E-state index in [0.29, 0.717) is 11.4 Å². The van der Waals surface area contributed by atoms with Crippen LogP contribution in [0.25, 0.3) is 0 Å². The SMILES string of the molecule is Cc1cc(C)c(C#N)c(NC(C(=O)O)C2CCCCC2)n1. The van der Waals surface area contributed by atoms with Crippen LogP contribution in [0.3, 0.4) is 0 Å². The van der Waals surface area contributed by atoms with Gasteiger partial charge in [-0.1, -0.05) is 19.3 Å². The number of carbonyl (C=O) groups is 1. The normalized spacial score (nSPS) is 17.0. The molecule has 5 nitrogen and oxygen atoms in total. The van der Waals surface area contributed by atoms with Crippen LogP contribution in [-0.2, 0) is 4.79 Å². The monoisotopic (exact) mass is 287 g/mol. The molecule has 112 valence electrons. The number of nitrogens with zero attached hydrogens (tertiary/aromatic N) is 2. The smallest absolute Gasteiger partial charge is 0.326 e. The highest BCUT2D eigenvalue weighted by Crippen LogP contribution is 2.29. The van der Waals surface area contributed by atoms with E-state index in [9.17, 15) is 15.2 Å². The number of aliphatic carboxylic acids is 1.